The summed E-state index contributed by atoms with van der Waals surface area (Å²) in [7, 11) is 0. The van der Waals surface area contributed by atoms with Gasteiger partial charge in [-0.2, -0.15) is 0 Å². The van der Waals surface area contributed by atoms with Crippen LogP contribution in [0.3, 0.4) is 0 Å². The lowest BCUT2D eigenvalue weighted by molar-refractivity contribution is 0.482. The number of benzene rings is 2. The van der Waals surface area contributed by atoms with Gasteiger partial charge in [0.1, 0.15) is 5.82 Å². The van der Waals surface area contributed by atoms with Gasteiger partial charge in [-0.1, -0.05) is 29.8 Å². The highest BCUT2D eigenvalue weighted by atomic mass is 19.2. The van der Waals surface area contributed by atoms with Crippen molar-refractivity contribution in [2.45, 2.75) is 26.4 Å². The first kappa shape index (κ1) is 14.6. The lowest BCUT2D eigenvalue weighted by atomic mass is 10.1. The molecular formula is C16H16F3N. The normalized spacial score (nSPS) is 12.4. The number of halogens is 3. The molecule has 106 valence electrons. The summed E-state index contributed by atoms with van der Waals surface area (Å²) in [6, 6.07) is 9.39. The Morgan fingerprint density at radius 2 is 1.55 bits per heavy atom. The second-order valence-electron chi connectivity index (χ2n) is 4.87. The highest BCUT2D eigenvalue weighted by Gasteiger charge is 2.11. The van der Waals surface area contributed by atoms with Crippen LogP contribution in [-0.2, 0) is 6.54 Å². The summed E-state index contributed by atoms with van der Waals surface area (Å²) in [5.74, 6) is -2.95. The summed E-state index contributed by atoms with van der Waals surface area (Å²) in [5, 5.41) is 3.09. The van der Waals surface area contributed by atoms with Crippen molar-refractivity contribution in [3.05, 3.63) is 70.5 Å². The smallest absolute Gasteiger partial charge is 0.161 e. The van der Waals surface area contributed by atoms with Gasteiger partial charge in [-0.25, -0.2) is 13.2 Å². The predicted octanol–water partition coefficient (Wildman–Crippen LogP) is 4.26. The average Bonchev–Trinajstić information content (AvgIpc) is 2.42. The maximum atomic E-state index is 13.5. The van der Waals surface area contributed by atoms with Crippen molar-refractivity contribution in [3.8, 4) is 0 Å². The fourth-order valence-corrected chi connectivity index (χ4v) is 1.94. The molecule has 2 aromatic rings. The van der Waals surface area contributed by atoms with Crippen LogP contribution >= 0.6 is 0 Å². The van der Waals surface area contributed by atoms with E-state index in [1.165, 1.54) is 0 Å². The van der Waals surface area contributed by atoms with Crippen molar-refractivity contribution in [2.24, 2.45) is 0 Å². The van der Waals surface area contributed by atoms with Crippen LogP contribution in [0, 0.1) is 24.4 Å². The number of aryl methyl sites for hydroxylation is 1. The minimum absolute atomic E-state index is 0.0110. The van der Waals surface area contributed by atoms with E-state index in [2.05, 4.69) is 5.32 Å². The van der Waals surface area contributed by atoms with Crippen LogP contribution in [0.4, 0.5) is 13.2 Å². The van der Waals surface area contributed by atoms with Gasteiger partial charge in [0.05, 0.1) is 0 Å². The molecule has 0 radical (unpaired) electrons. The van der Waals surface area contributed by atoms with Crippen LogP contribution in [0.15, 0.2) is 36.4 Å². The minimum atomic E-state index is -1.17. The van der Waals surface area contributed by atoms with E-state index in [1.807, 2.05) is 38.1 Å². The van der Waals surface area contributed by atoms with E-state index in [1.54, 1.807) is 0 Å². The third-order valence-electron chi connectivity index (χ3n) is 3.27. The third-order valence-corrected chi connectivity index (χ3v) is 3.27. The highest BCUT2D eigenvalue weighted by molar-refractivity contribution is 5.24. The van der Waals surface area contributed by atoms with Crippen molar-refractivity contribution in [3.63, 3.8) is 0 Å². The van der Waals surface area contributed by atoms with E-state index in [9.17, 15) is 13.2 Å². The number of rotatable bonds is 4. The summed E-state index contributed by atoms with van der Waals surface area (Å²) in [6.45, 7) is 4.07. The molecule has 0 aliphatic heterocycles. The molecular weight excluding hydrogens is 263 g/mol. The summed E-state index contributed by atoms with van der Waals surface area (Å²) < 4.78 is 39.4. The fraction of sp³-hybridized carbons (Fsp3) is 0.250. The van der Waals surface area contributed by atoms with Crippen molar-refractivity contribution in [1.82, 2.24) is 5.32 Å². The van der Waals surface area contributed by atoms with E-state index in [0.717, 1.165) is 17.2 Å². The van der Waals surface area contributed by atoms with Crippen molar-refractivity contribution in [2.75, 3.05) is 0 Å². The molecule has 2 aromatic carbocycles. The Bertz CT molecular complexity index is 593. The first-order valence-electron chi connectivity index (χ1n) is 6.40. The average molecular weight is 279 g/mol. The number of hydrogen-bond acceptors (Lipinski definition) is 1. The molecule has 0 heterocycles. The molecule has 0 aliphatic rings. The molecule has 0 amide bonds. The fourth-order valence-electron chi connectivity index (χ4n) is 1.94. The molecule has 0 spiro atoms. The Labute approximate surface area is 116 Å². The van der Waals surface area contributed by atoms with Crippen LogP contribution in [0.1, 0.15) is 29.7 Å². The third kappa shape index (κ3) is 3.39. The van der Waals surface area contributed by atoms with Crippen molar-refractivity contribution >= 4 is 0 Å². The molecule has 1 N–H and O–H groups in total. The zero-order valence-corrected chi connectivity index (χ0v) is 11.4. The van der Waals surface area contributed by atoms with Gasteiger partial charge in [0.25, 0.3) is 0 Å². The largest absolute Gasteiger partial charge is 0.306 e. The Morgan fingerprint density at radius 3 is 2.20 bits per heavy atom. The SMILES string of the molecule is Cc1ccc(C(C)NCc2cc(F)c(F)cc2F)cc1. The Kier molecular flexibility index (Phi) is 4.45. The van der Waals surface area contributed by atoms with Gasteiger partial charge < -0.3 is 5.32 Å². The molecule has 1 atom stereocenters. The Balaban J connectivity index is 2.05. The molecule has 0 aliphatic carbocycles. The van der Waals surface area contributed by atoms with Gasteiger partial charge in [0.2, 0.25) is 0 Å². The molecule has 4 heteroatoms. The number of nitrogens with one attached hydrogen (secondary N) is 1. The summed E-state index contributed by atoms with van der Waals surface area (Å²) in [4.78, 5) is 0. The highest BCUT2D eigenvalue weighted by Crippen LogP contribution is 2.17. The summed E-state index contributed by atoms with van der Waals surface area (Å²) in [5.41, 5.74) is 2.33. The molecule has 0 saturated carbocycles. The molecule has 1 nitrogen and oxygen atoms in total. The molecule has 0 saturated heterocycles. The van der Waals surface area contributed by atoms with Gasteiger partial charge in [0, 0.05) is 24.2 Å². The van der Waals surface area contributed by atoms with Gasteiger partial charge in [-0.15, -0.1) is 0 Å². The van der Waals surface area contributed by atoms with Crippen molar-refractivity contribution in [1.29, 1.82) is 0 Å². The van der Waals surface area contributed by atoms with E-state index >= 15 is 0 Å². The maximum absolute atomic E-state index is 13.5. The second-order valence-corrected chi connectivity index (χ2v) is 4.87. The first-order chi connectivity index (χ1) is 9.47. The van der Waals surface area contributed by atoms with Crippen molar-refractivity contribution < 1.29 is 13.2 Å². The molecule has 0 bridgehead atoms. The van der Waals surface area contributed by atoms with E-state index in [0.29, 0.717) is 6.07 Å². The van der Waals surface area contributed by atoms with Gasteiger partial charge in [-0.05, 0) is 25.5 Å². The minimum Gasteiger partial charge on any atom is -0.306 e. The second kappa shape index (κ2) is 6.09. The topological polar surface area (TPSA) is 12.0 Å². The van der Waals surface area contributed by atoms with Gasteiger partial charge in [-0.3, -0.25) is 0 Å². The maximum Gasteiger partial charge on any atom is 0.161 e. The monoisotopic (exact) mass is 279 g/mol. The summed E-state index contributed by atoms with van der Waals surface area (Å²) in [6.07, 6.45) is 0. The van der Waals surface area contributed by atoms with E-state index < -0.39 is 17.5 Å². The molecule has 0 aromatic heterocycles. The lowest BCUT2D eigenvalue weighted by Crippen LogP contribution is -2.19. The molecule has 1 unspecified atom stereocenters. The molecule has 20 heavy (non-hydrogen) atoms. The predicted molar refractivity (Wildman–Crippen MR) is 72.7 cm³/mol. The van der Waals surface area contributed by atoms with Crippen LogP contribution in [0.25, 0.3) is 0 Å². The molecule has 0 fully saturated rings. The van der Waals surface area contributed by atoms with Gasteiger partial charge >= 0.3 is 0 Å². The molecule has 2 rings (SSSR count). The number of hydrogen-bond donors (Lipinski definition) is 1. The zero-order valence-electron chi connectivity index (χ0n) is 11.4. The Morgan fingerprint density at radius 1 is 0.950 bits per heavy atom. The standard InChI is InChI=1S/C16H16F3N/c1-10-3-5-12(6-4-10)11(2)20-9-13-7-15(18)16(19)8-14(13)17/h3-8,11,20H,9H2,1-2H3. The quantitative estimate of drug-likeness (QED) is 0.824. The van der Waals surface area contributed by atoms with Crippen LogP contribution in [0.2, 0.25) is 0 Å². The van der Waals surface area contributed by atoms with Crippen LogP contribution in [0.5, 0.6) is 0 Å². The first-order valence-corrected chi connectivity index (χ1v) is 6.40. The lowest BCUT2D eigenvalue weighted by Gasteiger charge is -2.15. The van der Waals surface area contributed by atoms with E-state index in [-0.39, 0.29) is 18.2 Å². The van der Waals surface area contributed by atoms with E-state index in [4.69, 9.17) is 0 Å². The zero-order chi connectivity index (χ0) is 14.7. The van der Waals surface area contributed by atoms with Crippen LogP contribution < -0.4 is 5.32 Å². The van der Waals surface area contributed by atoms with Gasteiger partial charge in [0.15, 0.2) is 11.6 Å². The van der Waals surface area contributed by atoms with Crippen LogP contribution in [-0.4, -0.2) is 0 Å². The summed E-state index contributed by atoms with van der Waals surface area (Å²) >= 11 is 0. The Hall–Kier alpha value is -1.81.